The van der Waals surface area contributed by atoms with E-state index in [1.165, 1.54) is 12.3 Å². The minimum Gasteiger partial charge on any atom is -0.398 e. The molecular weight excluding hydrogens is 267 g/mol. The number of benzene rings is 1. The fourth-order valence-corrected chi connectivity index (χ4v) is 3.24. The van der Waals surface area contributed by atoms with E-state index in [1.54, 1.807) is 12.3 Å². The summed E-state index contributed by atoms with van der Waals surface area (Å²) in [7, 11) is -3.69. The molecular formula is C13H13FN2O2S. The van der Waals surface area contributed by atoms with Crippen LogP contribution in [0.2, 0.25) is 0 Å². The lowest BCUT2D eigenvalue weighted by atomic mass is 10.2. The monoisotopic (exact) mass is 280 g/mol. The largest absolute Gasteiger partial charge is 0.398 e. The molecule has 0 unspecified atom stereocenters. The van der Waals surface area contributed by atoms with Crippen molar-refractivity contribution in [3.63, 3.8) is 0 Å². The highest BCUT2D eigenvalue weighted by Crippen LogP contribution is 2.23. The minimum atomic E-state index is -3.69. The first-order valence-corrected chi connectivity index (χ1v) is 7.22. The van der Waals surface area contributed by atoms with Crippen LogP contribution in [0.1, 0.15) is 11.1 Å². The molecule has 4 nitrogen and oxygen atoms in total. The maximum atomic E-state index is 13.1. The number of nitrogens with two attached hydrogens (primary N) is 1. The second-order valence-electron chi connectivity index (χ2n) is 4.31. The maximum Gasteiger partial charge on any atom is 0.184 e. The summed E-state index contributed by atoms with van der Waals surface area (Å²) < 4.78 is 37.6. The predicted molar refractivity (Wildman–Crippen MR) is 70.7 cm³/mol. The maximum absolute atomic E-state index is 13.1. The number of hydrogen-bond acceptors (Lipinski definition) is 4. The zero-order valence-corrected chi connectivity index (χ0v) is 11.1. The van der Waals surface area contributed by atoms with Crippen molar-refractivity contribution in [1.82, 2.24) is 4.98 Å². The smallest absolute Gasteiger partial charge is 0.184 e. The predicted octanol–water partition coefficient (Wildman–Crippen LogP) is 2.09. The van der Waals surface area contributed by atoms with Gasteiger partial charge in [0.15, 0.2) is 9.84 Å². The highest BCUT2D eigenvalue weighted by molar-refractivity contribution is 7.90. The van der Waals surface area contributed by atoms with Crippen LogP contribution < -0.4 is 5.73 Å². The summed E-state index contributed by atoms with van der Waals surface area (Å²) in [5, 5.41) is 0. The van der Waals surface area contributed by atoms with E-state index in [9.17, 15) is 12.8 Å². The number of hydrogen-bond donors (Lipinski definition) is 1. The molecule has 2 N–H and O–H groups in total. The van der Waals surface area contributed by atoms with Gasteiger partial charge in [-0.15, -0.1) is 0 Å². The number of anilines is 1. The number of sulfone groups is 1. The Bertz CT molecular complexity index is 714. The van der Waals surface area contributed by atoms with Crippen LogP contribution in [0.3, 0.4) is 0 Å². The van der Waals surface area contributed by atoms with Crippen molar-refractivity contribution in [3.05, 3.63) is 53.6 Å². The first-order chi connectivity index (χ1) is 8.88. The van der Waals surface area contributed by atoms with Gasteiger partial charge in [-0.05, 0) is 36.2 Å². The number of aryl methyl sites for hydroxylation is 1. The molecule has 2 rings (SSSR count). The molecule has 0 aliphatic rings. The summed E-state index contributed by atoms with van der Waals surface area (Å²) in [6, 6.07) is 5.03. The van der Waals surface area contributed by atoms with Gasteiger partial charge < -0.3 is 5.73 Å². The molecule has 0 radical (unpaired) electrons. The average Bonchev–Trinajstić information content (AvgIpc) is 2.31. The fourth-order valence-electron chi connectivity index (χ4n) is 1.77. The van der Waals surface area contributed by atoms with Gasteiger partial charge in [0, 0.05) is 12.4 Å². The standard InChI is InChI=1S/C13H13FN2O2S/c1-9-4-10(7-16-6-9)8-19(17,18)13-5-11(14)2-3-12(13)15/h2-7H,8,15H2,1H3. The lowest BCUT2D eigenvalue weighted by Gasteiger charge is -2.08. The van der Waals surface area contributed by atoms with Crippen LogP contribution in [0.4, 0.5) is 10.1 Å². The van der Waals surface area contributed by atoms with Crippen LogP contribution >= 0.6 is 0 Å². The SMILES string of the molecule is Cc1cncc(CS(=O)(=O)c2cc(F)ccc2N)c1. The van der Waals surface area contributed by atoms with Crippen LogP contribution in [0.15, 0.2) is 41.6 Å². The topological polar surface area (TPSA) is 73.0 Å². The van der Waals surface area contributed by atoms with E-state index in [0.717, 1.165) is 17.7 Å². The average molecular weight is 280 g/mol. The van der Waals surface area contributed by atoms with Gasteiger partial charge in [-0.25, -0.2) is 12.8 Å². The van der Waals surface area contributed by atoms with Gasteiger partial charge >= 0.3 is 0 Å². The Kier molecular flexibility index (Phi) is 3.53. The molecule has 1 aromatic heterocycles. The zero-order chi connectivity index (χ0) is 14.0. The molecule has 100 valence electrons. The molecule has 0 aliphatic carbocycles. The molecule has 0 spiro atoms. The van der Waals surface area contributed by atoms with Gasteiger partial charge in [-0.2, -0.15) is 0 Å². The third kappa shape index (κ3) is 3.08. The quantitative estimate of drug-likeness (QED) is 0.874. The first-order valence-electron chi connectivity index (χ1n) is 5.57. The van der Waals surface area contributed by atoms with Crippen molar-refractivity contribution < 1.29 is 12.8 Å². The third-order valence-corrected chi connectivity index (χ3v) is 4.34. The van der Waals surface area contributed by atoms with Crippen molar-refractivity contribution in [2.24, 2.45) is 0 Å². The Hall–Kier alpha value is -1.95. The molecule has 6 heteroatoms. The Morgan fingerprint density at radius 2 is 2.00 bits per heavy atom. The summed E-state index contributed by atoms with van der Waals surface area (Å²) in [4.78, 5) is 3.75. The Balaban J connectivity index is 2.40. The van der Waals surface area contributed by atoms with Crippen LogP contribution in [0.5, 0.6) is 0 Å². The second-order valence-corrected chi connectivity index (χ2v) is 6.27. The van der Waals surface area contributed by atoms with Gasteiger partial charge in [-0.1, -0.05) is 6.07 Å². The van der Waals surface area contributed by atoms with Crippen LogP contribution in [0.25, 0.3) is 0 Å². The molecule has 0 amide bonds. The van der Waals surface area contributed by atoms with E-state index in [4.69, 9.17) is 5.73 Å². The number of pyridine rings is 1. The highest BCUT2D eigenvalue weighted by atomic mass is 32.2. The van der Waals surface area contributed by atoms with Gasteiger partial charge in [0.2, 0.25) is 0 Å². The van der Waals surface area contributed by atoms with Gasteiger partial charge in [0.25, 0.3) is 0 Å². The van der Waals surface area contributed by atoms with E-state index in [2.05, 4.69) is 4.98 Å². The summed E-state index contributed by atoms with van der Waals surface area (Å²) in [5.74, 6) is -0.884. The molecule has 0 bridgehead atoms. The molecule has 1 aromatic carbocycles. The molecule has 0 saturated carbocycles. The van der Waals surface area contributed by atoms with E-state index >= 15 is 0 Å². The Morgan fingerprint density at radius 3 is 2.68 bits per heavy atom. The summed E-state index contributed by atoms with van der Waals surface area (Å²) >= 11 is 0. The Morgan fingerprint density at radius 1 is 1.26 bits per heavy atom. The highest BCUT2D eigenvalue weighted by Gasteiger charge is 2.19. The molecule has 1 heterocycles. The third-order valence-electron chi connectivity index (χ3n) is 2.60. The van der Waals surface area contributed by atoms with Gasteiger partial charge in [-0.3, -0.25) is 4.98 Å². The molecule has 2 aromatic rings. The molecule has 0 fully saturated rings. The first kappa shape index (κ1) is 13.5. The lowest BCUT2D eigenvalue weighted by Crippen LogP contribution is -2.08. The fraction of sp³-hybridized carbons (Fsp3) is 0.154. The minimum absolute atomic E-state index is 0.0435. The summed E-state index contributed by atoms with van der Waals surface area (Å²) in [6.07, 6.45) is 3.10. The van der Waals surface area contributed by atoms with E-state index in [1.807, 2.05) is 6.92 Å². The summed E-state index contributed by atoms with van der Waals surface area (Å²) in [6.45, 7) is 1.82. The van der Waals surface area contributed by atoms with Crippen LogP contribution in [-0.4, -0.2) is 13.4 Å². The van der Waals surface area contributed by atoms with Gasteiger partial charge in [0.1, 0.15) is 5.82 Å². The van der Waals surface area contributed by atoms with Crippen molar-refractivity contribution in [2.45, 2.75) is 17.6 Å². The van der Waals surface area contributed by atoms with Crippen LogP contribution in [-0.2, 0) is 15.6 Å². The molecule has 0 aliphatic heterocycles. The normalized spacial score (nSPS) is 11.5. The lowest BCUT2D eigenvalue weighted by molar-refractivity contribution is 0.590. The molecule has 0 atom stereocenters. The number of nitrogens with zero attached hydrogens (tertiary/aromatic N) is 1. The Labute approximate surface area is 111 Å². The van der Waals surface area contributed by atoms with Crippen molar-refractivity contribution >= 4 is 15.5 Å². The number of aromatic nitrogens is 1. The zero-order valence-electron chi connectivity index (χ0n) is 10.3. The number of rotatable bonds is 3. The van der Waals surface area contributed by atoms with Crippen molar-refractivity contribution in [2.75, 3.05) is 5.73 Å². The summed E-state index contributed by atoms with van der Waals surface area (Å²) in [5.41, 5.74) is 7.05. The van der Waals surface area contributed by atoms with Crippen LogP contribution in [0, 0.1) is 12.7 Å². The van der Waals surface area contributed by atoms with Crippen molar-refractivity contribution in [3.8, 4) is 0 Å². The van der Waals surface area contributed by atoms with E-state index < -0.39 is 15.7 Å². The number of nitrogen functional groups attached to an aromatic ring is 1. The molecule has 0 saturated heterocycles. The van der Waals surface area contributed by atoms with Gasteiger partial charge in [0.05, 0.1) is 16.3 Å². The van der Waals surface area contributed by atoms with E-state index in [-0.39, 0.29) is 16.3 Å². The second kappa shape index (κ2) is 4.97. The number of halogens is 1. The molecule has 19 heavy (non-hydrogen) atoms. The van der Waals surface area contributed by atoms with E-state index in [0.29, 0.717) is 5.56 Å². The van der Waals surface area contributed by atoms with Crippen molar-refractivity contribution in [1.29, 1.82) is 0 Å².